The molecule has 2 atom stereocenters. The minimum absolute atomic E-state index is 0.369. The second-order valence-electron chi connectivity index (χ2n) is 5.47. The Bertz CT molecular complexity index is 553. The highest BCUT2D eigenvalue weighted by atomic mass is 16.5. The lowest BCUT2D eigenvalue weighted by atomic mass is 10.0. The van der Waals surface area contributed by atoms with E-state index in [1.807, 2.05) is 18.3 Å². The summed E-state index contributed by atoms with van der Waals surface area (Å²) in [5, 5.41) is 11.7. The van der Waals surface area contributed by atoms with Crippen LogP contribution >= 0.6 is 0 Å². The number of piperidine rings is 1. The van der Waals surface area contributed by atoms with Crippen molar-refractivity contribution in [2.75, 3.05) is 0 Å². The maximum absolute atomic E-state index is 6.13. The second kappa shape index (κ2) is 3.99. The summed E-state index contributed by atoms with van der Waals surface area (Å²) in [7, 11) is 0. The summed E-state index contributed by atoms with van der Waals surface area (Å²) < 4.78 is 6.13. The van der Waals surface area contributed by atoms with E-state index >= 15 is 0 Å². The molecular formula is C14H17N3O. The lowest BCUT2D eigenvalue weighted by Gasteiger charge is -2.29. The molecule has 0 amide bonds. The van der Waals surface area contributed by atoms with Crippen molar-refractivity contribution in [2.45, 2.75) is 43.9 Å². The summed E-state index contributed by atoms with van der Waals surface area (Å²) in [6.45, 7) is 0. The number of hydrogen-bond acceptors (Lipinski definition) is 3. The van der Waals surface area contributed by atoms with Gasteiger partial charge in [0.15, 0.2) is 0 Å². The van der Waals surface area contributed by atoms with E-state index in [9.17, 15) is 0 Å². The summed E-state index contributed by atoms with van der Waals surface area (Å²) in [6, 6.07) is 7.48. The first-order valence-electron chi connectivity index (χ1n) is 6.73. The molecule has 1 aromatic carbocycles. The van der Waals surface area contributed by atoms with Crippen LogP contribution in [-0.4, -0.2) is 28.4 Å². The number of aromatic amines is 1. The molecule has 4 rings (SSSR count). The summed E-state index contributed by atoms with van der Waals surface area (Å²) >= 11 is 0. The first kappa shape index (κ1) is 10.4. The van der Waals surface area contributed by atoms with Gasteiger partial charge in [-0.1, -0.05) is 0 Å². The molecule has 4 nitrogen and oxygen atoms in total. The Balaban J connectivity index is 1.53. The first-order chi connectivity index (χ1) is 8.87. The molecule has 0 saturated carbocycles. The van der Waals surface area contributed by atoms with E-state index in [2.05, 4.69) is 21.6 Å². The van der Waals surface area contributed by atoms with E-state index in [0.717, 1.165) is 29.5 Å². The normalized spacial score (nSPS) is 30.8. The van der Waals surface area contributed by atoms with Crippen LogP contribution in [0.2, 0.25) is 0 Å². The summed E-state index contributed by atoms with van der Waals surface area (Å²) in [6.07, 6.45) is 7.11. The van der Waals surface area contributed by atoms with Gasteiger partial charge in [0.05, 0.1) is 11.7 Å². The fourth-order valence-corrected chi connectivity index (χ4v) is 3.29. The molecule has 2 unspecified atom stereocenters. The van der Waals surface area contributed by atoms with E-state index in [-0.39, 0.29) is 0 Å². The molecule has 18 heavy (non-hydrogen) atoms. The number of ether oxygens (including phenoxy) is 1. The standard InChI is InChI=1S/C14H17N3O/c1-2-11-7-13(6-10(1)16-11)18-12-3-4-14-9(5-12)8-15-17-14/h3-5,8,10-11,13,16H,1-2,6-7H2,(H,15,17). The van der Waals surface area contributed by atoms with E-state index in [1.54, 1.807) is 0 Å². The Kier molecular flexibility index (Phi) is 2.30. The van der Waals surface area contributed by atoms with Gasteiger partial charge in [0.25, 0.3) is 0 Å². The smallest absolute Gasteiger partial charge is 0.120 e. The van der Waals surface area contributed by atoms with Crippen LogP contribution in [0.15, 0.2) is 24.4 Å². The lowest BCUT2D eigenvalue weighted by Crippen LogP contribution is -2.42. The average Bonchev–Trinajstić information content (AvgIpc) is 2.95. The molecule has 2 N–H and O–H groups in total. The molecule has 2 aliphatic rings. The van der Waals surface area contributed by atoms with Crippen LogP contribution in [-0.2, 0) is 0 Å². The largest absolute Gasteiger partial charge is 0.490 e. The third-order valence-electron chi connectivity index (χ3n) is 4.14. The molecule has 3 heterocycles. The number of hydrogen-bond donors (Lipinski definition) is 2. The van der Waals surface area contributed by atoms with Crippen molar-refractivity contribution in [3.63, 3.8) is 0 Å². The maximum atomic E-state index is 6.13. The van der Waals surface area contributed by atoms with Crippen molar-refractivity contribution >= 4 is 10.9 Å². The Morgan fingerprint density at radius 1 is 1.17 bits per heavy atom. The second-order valence-corrected chi connectivity index (χ2v) is 5.47. The Hall–Kier alpha value is -1.55. The zero-order valence-electron chi connectivity index (χ0n) is 10.2. The molecule has 2 saturated heterocycles. The molecule has 94 valence electrons. The molecule has 0 aliphatic carbocycles. The first-order valence-corrected chi connectivity index (χ1v) is 6.73. The number of fused-ring (bicyclic) bond motifs is 3. The van der Waals surface area contributed by atoms with E-state index in [1.165, 1.54) is 12.8 Å². The van der Waals surface area contributed by atoms with Crippen molar-refractivity contribution in [2.24, 2.45) is 0 Å². The van der Waals surface area contributed by atoms with Crippen molar-refractivity contribution in [1.29, 1.82) is 0 Å². The predicted molar refractivity (Wildman–Crippen MR) is 69.7 cm³/mol. The number of nitrogens with one attached hydrogen (secondary N) is 2. The fraction of sp³-hybridized carbons (Fsp3) is 0.500. The topological polar surface area (TPSA) is 49.9 Å². The van der Waals surface area contributed by atoms with Gasteiger partial charge < -0.3 is 10.1 Å². The predicted octanol–water partition coefficient (Wildman–Crippen LogP) is 2.22. The highest BCUT2D eigenvalue weighted by Gasteiger charge is 2.34. The maximum Gasteiger partial charge on any atom is 0.120 e. The zero-order chi connectivity index (χ0) is 11.9. The van der Waals surface area contributed by atoms with Gasteiger partial charge in [0.1, 0.15) is 11.9 Å². The Labute approximate surface area is 106 Å². The van der Waals surface area contributed by atoms with Gasteiger partial charge in [0.2, 0.25) is 0 Å². The van der Waals surface area contributed by atoms with Crippen molar-refractivity contribution in [3.8, 4) is 5.75 Å². The van der Waals surface area contributed by atoms with Crippen molar-refractivity contribution < 1.29 is 4.74 Å². The number of H-pyrrole nitrogens is 1. The van der Waals surface area contributed by atoms with Crippen LogP contribution < -0.4 is 10.1 Å². The molecule has 2 fully saturated rings. The van der Waals surface area contributed by atoms with Crippen molar-refractivity contribution in [1.82, 2.24) is 15.5 Å². The van der Waals surface area contributed by atoms with E-state index in [4.69, 9.17) is 4.74 Å². The average molecular weight is 243 g/mol. The van der Waals surface area contributed by atoms with Crippen molar-refractivity contribution in [3.05, 3.63) is 24.4 Å². The van der Waals surface area contributed by atoms with Crippen LogP contribution in [0.5, 0.6) is 5.75 Å². The highest BCUT2D eigenvalue weighted by Crippen LogP contribution is 2.30. The van der Waals surface area contributed by atoms with Gasteiger partial charge in [-0.25, -0.2) is 0 Å². The third-order valence-corrected chi connectivity index (χ3v) is 4.14. The Morgan fingerprint density at radius 3 is 2.83 bits per heavy atom. The van der Waals surface area contributed by atoms with Crippen LogP contribution in [0, 0.1) is 0 Å². The monoisotopic (exact) mass is 243 g/mol. The number of aromatic nitrogens is 2. The number of benzene rings is 1. The summed E-state index contributed by atoms with van der Waals surface area (Å²) in [5.74, 6) is 0.968. The molecule has 2 bridgehead atoms. The highest BCUT2D eigenvalue weighted by molar-refractivity contribution is 5.79. The Morgan fingerprint density at radius 2 is 2.00 bits per heavy atom. The van der Waals surface area contributed by atoms with Gasteiger partial charge in [-0.2, -0.15) is 5.10 Å². The van der Waals surface area contributed by atoms with Crippen LogP contribution in [0.3, 0.4) is 0 Å². The SMILES string of the molecule is c1cc2[nH]ncc2cc1OC1CC2CCC(C1)N2. The summed E-state index contributed by atoms with van der Waals surface area (Å²) in [4.78, 5) is 0. The number of rotatable bonds is 2. The van der Waals surface area contributed by atoms with Gasteiger partial charge in [-0.3, -0.25) is 5.10 Å². The minimum atomic E-state index is 0.369. The lowest BCUT2D eigenvalue weighted by molar-refractivity contribution is 0.137. The molecular weight excluding hydrogens is 226 g/mol. The van der Waals surface area contributed by atoms with E-state index in [0.29, 0.717) is 18.2 Å². The minimum Gasteiger partial charge on any atom is -0.490 e. The molecule has 0 radical (unpaired) electrons. The molecule has 4 heteroatoms. The molecule has 2 aromatic rings. The van der Waals surface area contributed by atoms with E-state index < -0.39 is 0 Å². The van der Waals surface area contributed by atoms with Crippen LogP contribution in [0.25, 0.3) is 10.9 Å². The number of nitrogens with zero attached hydrogens (tertiary/aromatic N) is 1. The molecule has 1 aromatic heterocycles. The molecule has 0 spiro atoms. The van der Waals surface area contributed by atoms with Crippen LogP contribution in [0.4, 0.5) is 0 Å². The van der Waals surface area contributed by atoms with Crippen LogP contribution in [0.1, 0.15) is 25.7 Å². The fourth-order valence-electron chi connectivity index (χ4n) is 3.29. The quantitative estimate of drug-likeness (QED) is 0.850. The summed E-state index contributed by atoms with van der Waals surface area (Å²) in [5.41, 5.74) is 1.06. The zero-order valence-corrected chi connectivity index (χ0v) is 10.2. The molecule has 2 aliphatic heterocycles. The van der Waals surface area contributed by atoms with Gasteiger partial charge in [-0.05, 0) is 43.9 Å². The van der Waals surface area contributed by atoms with Gasteiger partial charge in [-0.15, -0.1) is 0 Å². The van der Waals surface area contributed by atoms with Gasteiger partial charge >= 0.3 is 0 Å². The van der Waals surface area contributed by atoms with Gasteiger partial charge in [0, 0.05) is 17.5 Å². The third kappa shape index (κ3) is 1.77.